The highest BCUT2D eigenvalue weighted by Gasteiger charge is 2.21. The van der Waals surface area contributed by atoms with Gasteiger partial charge in [0.1, 0.15) is 11.6 Å². The average Bonchev–Trinajstić information content (AvgIpc) is 2.66. The first-order valence-corrected chi connectivity index (χ1v) is 11.1. The smallest absolute Gasteiger partial charge is 0.216 e. The van der Waals surface area contributed by atoms with Gasteiger partial charge in [0.15, 0.2) is 0 Å². The van der Waals surface area contributed by atoms with Crippen molar-refractivity contribution in [2.45, 2.75) is 60.1 Å². The lowest BCUT2D eigenvalue weighted by Crippen LogP contribution is -2.32. The fourth-order valence-electron chi connectivity index (χ4n) is 3.69. The highest BCUT2D eigenvalue weighted by Crippen LogP contribution is 2.28. The number of ether oxygens (including phenoxy) is 1. The van der Waals surface area contributed by atoms with Crippen molar-refractivity contribution >= 4 is 5.91 Å². The molecule has 0 radical (unpaired) electrons. The van der Waals surface area contributed by atoms with Gasteiger partial charge in [0.25, 0.3) is 0 Å². The summed E-state index contributed by atoms with van der Waals surface area (Å²) in [5.74, 6) is -1.01. The maximum Gasteiger partial charge on any atom is 0.216 e. The molecule has 2 N–H and O–H groups in total. The van der Waals surface area contributed by atoms with E-state index in [0.29, 0.717) is 30.7 Å². The number of nitrogens with one attached hydrogen (secondary N) is 2. The largest absolute Gasteiger partial charge is 0.375 e. The molecule has 0 saturated carbocycles. The summed E-state index contributed by atoms with van der Waals surface area (Å²) in [6.45, 7) is 13.0. The van der Waals surface area contributed by atoms with Crippen LogP contribution in [-0.2, 0) is 22.6 Å². The first kappa shape index (κ1) is 25.9. The lowest BCUT2D eigenvalue weighted by Gasteiger charge is -2.28. The van der Waals surface area contributed by atoms with Crippen LogP contribution < -0.4 is 10.6 Å². The molecule has 2 aromatic carbocycles. The van der Waals surface area contributed by atoms with Crippen molar-refractivity contribution in [1.29, 1.82) is 0 Å². The Kier molecular flexibility index (Phi) is 9.79. The molecule has 0 saturated heterocycles. The second kappa shape index (κ2) is 12.1. The van der Waals surface area contributed by atoms with E-state index in [1.54, 1.807) is 13.8 Å². The molecule has 0 spiro atoms. The van der Waals surface area contributed by atoms with Gasteiger partial charge in [0.2, 0.25) is 5.91 Å². The van der Waals surface area contributed by atoms with Crippen LogP contribution in [0.2, 0.25) is 0 Å². The second-order valence-electron chi connectivity index (χ2n) is 9.58. The second-order valence-corrected chi connectivity index (χ2v) is 9.58. The highest BCUT2D eigenvalue weighted by molar-refractivity contribution is 5.72. The molecule has 32 heavy (non-hydrogen) atoms. The molecular weight excluding hydrogens is 410 g/mol. The van der Waals surface area contributed by atoms with E-state index in [2.05, 4.69) is 49.6 Å². The third-order valence-corrected chi connectivity index (χ3v) is 4.99. The van der Waals surface area contributed by atoms with E-state index in [9.17, 15) is 13.6 Å². The van der Waals surface area contributed by atoms with Crippen molar-refractivity contribution in [2.24, 2.45) is 5.41 Å². The molecule has 4 nitrogen and oxygen atoms in total. The van der Waals surface area contributed by atoms with Crippen LogP contribution in [-0.4, -0.2) is 25.6 Å². The number of benzene rings is 2. The Balaban J connectivity index is 0.000000336. The molecule has 6 heteroatoms. The topological polar surface area (TPSA) is 50.4 Å². The summed E-state index contributed by atoms with van der Waals surface area (Å²) in [5.41, 5.74) is 4.95. The number of hydrogen-bond donors (Lipinski definition) is 2. The number of halogens is 2. The molecule has 1 atom stereocenters. The summed E-state index contributed by atoms with van der Waals surface area (Å²) in [4.78, 5) is 10.9. The Bertz CT molecular complexity index is 843. The van der Waals surface area contributed by atoms with Crippen molar-refractivity contribution < 1.29 is 18.3 Å². The van der Waals surface area contributed by atoms with Gasteiger partial charge in [-0.2, -0.15) is 0 Å². The molecule has 1 unspecified atom stereocenters. The first-order valence-electron chi connectivity index (χ1n) is 11.1. The number of fused-ring (bicyclic) bond motifs is 1. The normalized spacial score (nSPS) is 15.4. The van der Waals surface area contributed by atoms with Crippen molar-refractivity contribution in [2.75, 3.05) is 19.7 Å². The third kappa shape index (κ3) is 9.45. The predicted octanol–water partition coefficient (Wildman–Crippen LogP) is 5.24. The van der Waals surface area contributed by atoms with E-state index < -0.39 is 11.6 Å². The molecule has 0 fully saturated rings. The molecule has 176 valence electrons. The van der Waals surface area contributed by atoms with E-state index in [4.69, 9.17) is 4.74 Å². The van der Waals surface area contributed by atoms with Crippen LogP contribution in [0, 0.1) is 24.0 Å². The minimum absolute atomic E-state index is 0.0307. The Morgan fingerprint density at radius 2 is 1.78 bits per heavy atom. The maximum absolute atomic E-state index is 12.2. The molecule has 0 aromatic heterocycles. The highest BCUT2D eigenvalue weighted by atomic mass is 19.1. The minimum Gasteiger partial charge on any atom is -0.375 e. The molecule has 2 aromatic rings. The number of carbonyl (C=O) groups is 1. The lowest BCUT2D eigenvalue weighted by atomic mass is 9.86. The summed E-state index contributed by atoms with van der Waals surface area (Å²) in [6.07, 6.45) is 2.00. The summed E-state index contributed by atoms with van der Waals surface area (Å²) in [7, 11) is 0. The molecule has 3 rings (SSSR count). The SMILES string of the molecule is CC(=O)NCCCNC1COCc2ccc(CC(C)(C)C)cc21.Cc1cc(F)cc(F)c1. The Hall–Kier alpha value is -2.31. The van der Waals surface area contributed by atoms with Crippen LogP contribution in [0.25, 0.3) is 0 Å². The molecule has 1 aliphatic rings. The van der Waals surface area contributed by atoms with Crippen molar-refractivity contribution in [1.82, 2.24) is 10.6 Å². The monoisotopic (exact) mass is 446 g/mol. The van der Waals surface area contributed by atoms with Gasteiger partial charge in [0.05, 0.1) is 19.3 Å². The quantitative estimate of drug-likeness (QED) is 0.597. The number of hydrogen-bond acceptors (Lipinski definition) is 3. The zero-order chi connectivity index (χ0) is 23.7. The van der Waals surface area contributed by atoms with E-state index in [1.807, 2.05) is 0 Å². The van der Waals surface area contributed by atoms with Crippen LogP contribution >= 0.6 is 0 Å². The van der Waals surface area contributed by atoms with E-state index in [-0.39, 0.29) is 11.9 Å². The summed E-state index contributed by atoms with van der Waals surface area (Å²) in [6, 6.07) is 10.4. The number of carbonyl (C=O) groups excluding carboxylic acids is 1. The fourth-order valence-corrected chi connectivity index (χ4v) is 3.69. The van der Waals surface area contributed by atoms with Gasteiger partial charge in [-0.25, -0.2) is 8.78 Å². The number of aryl methyl sites for hydroxylation is 1. The zero-order valence-corrected chi connectivity index (χ0v) is 19.9. The molecule has 0 aliphatic carbocycles. The fraction of sp³-hybridized carbons (Fsp3) is 0.500. The Morgan fingerprint density at radius 3 is 2.38 bits per heavy atom. The number of rotatable bonds is 6. The van der Waals surface area contributed by atoms with Crippen LogP contribution in [0.1, 0.15) is 62.4 Å². The Morgan fingerprint density at radius 1 is 1.09 bits per heavy atom. The van der Waals surface area contributed by atoms with Gasteiger partial charge in [0, 0.05) is 19.5 Å². The van der Waals surface area contributed by atoms with Gasteiger partial charge in [-0.05, 0) is 66.1 Å². The van der Waals surface area contributed by atoms with Gasteiger partial charge in [-0.3, -0.25) is 4.79 Å². The summed E-state index contributed by atoms with van der Waals surface area (Å²) in [5, 5.41) is 6.39. The maximum atomic E-state index is 12.2. The molecule has 0 bridgehead atoms. The number of amides is 1. The standard InChI is InChI=1S/C19H30N2O2.C7H6F2/c1-14(22)20-8-5-9-21-18-13-23-12-16-7-6-15(10-17(16)18)11-19(2,3)4;1-5-2-6(8)4-7(9)3-5/h6-7,10,18,21H,5,8-9,11-13H2,1-4H3,(H,20,22);2-4H,1H3. The van der Waals surface area contributed by atoms with Gasteiger partial charge >= 0.3 is 0 Å². The van der Waals surface area contributed by atoms with E-state index >= 15 is 0 Å². The molecule has 1 amide bonds. The van der Waals surface area contributed by atoms with Crippen molar-refractivity contribution in [3.8, 4) is 0 Å². The van der Waals surface area contributed by atoms with Crippen molar-refractivity contribution in [3.63, 3.8) is 0 Å². The van der Waals surface area contributed by atoms with Gasteiger partial charge < -0.3 is 15.4 Å². The van der Waals surface area contributed by atoms with Crippen molar-refractivity contribution in [3.05, 3.63) is 70.3 Å². The molecule has 1 aliphatic heterocycles. The summed E-state index contributed by atoms with van der Waals surface area (Å²) >= 11 is 0. The van der Waals surface area contributed by atoms with Crippen LogP contribution in [0.4, 0.5) is 8.78 Å². The summed E-state index contributed by atoms with van der Waals surface area (Å²) < 4.78 is 30.1. The van der Waals surface area contributed by atoms with Crippen LogP contribution in [0.3, 0.4) is 0 Å². The zero-order valence-electron chi connectivity index (χ0n) is 19.9. The Labute approximate surface area is 190 Å². The van der Waals surface area contributed by atoms with Crippen LogP contribution in [0.15, 0.2) is 36.4 Å². The molecule has 1 heterocycles. The molecular formula is C26H36F2N2O2. The van der Waals surface area contributed by atoms with Gasteiger partial charge in [-0.1, -0.05) is 39.0 Å². The van der Waals surface area contributed by atoms with Gasteiger partial charge in [-0.15, -0.1) is 0 Å². The minimum atomic E-state index is -0.521. The predicted molar refractivity (Wildman–Crippen MR) is 124 cm³/mol. The average molecular weight is 447 g/mol. The lowest BCUT2D eigenvalue weighted by molar-refractivity contribution is -0.118. The van der Waals surface area contributed by atoms with E-state index in [1.165, 1.54) is 28.8 Å². The van der Waals surface area contributed by atoms with E-state index in [0.717, 1.165) is 25.5 Å². The third-order valence-electron chi connectivity index (χ3n) is 4.99. The first-order chi connectivity index (χ1) is 15.0. The van der Waals surface area contributed by atoms with Crippen LogP contribution in [0.5, 0.6) is 0 Å².